The molecule has 0 N–H and O–H groups in total. The lowest BCUT2D eigenvalue weighted by Gasteiger charge is -2.19. The highest BCUT2D eigenvalue weighted by Gasteiger charge is 2.33. The monoisotopic (exact) mass is 266 g/mol. The van der Waals surface area contributed by atoms with Gasteiger partial charge in [0.15, 0.2) is 5.82 Å². The van der Waals surface area contributed by atoms with E-state index in [1.807, 2.05) is 0 Å². The fourth-order valence-corrected chi connectivity index (χ4v) is 2.16. The Morgan fingerprint density at radius 3 is 2.95 bits per heavy atom. The smallest absolute Gasteiger partial charge is 0.227 e. The Balaban J connectivity index is 2.30. The van der Waals surface area contributed by atoms with E-state index in [-0.39, 0.29) is 42.6 Å². The number of aryl methyl sites for hydroxylation is 1. The van der Waals surface area contributed by atoms with Crippen molar-refractivity contribution in [3.63, 3.8) is 0 Å². The second-order valence-electron chi connectivity index (χ2n) is 4.51. The van der Waals surface area contributed by atoms with Crippen molar-refractivity contribution in [2.45, 2.75) is 13.3 Å². The van der Waals surface area contributed by atoms with Crippen molar-refractivity contribution in [3.8, 4) is 0 Å². The average Bonchev–Trinajstić information content (AvgIpc) is 2.73. The normalized spacial score (nSPS) is 18.6. The molecule has 7 heteroatoms. The molecule has 2 rings (SSSR count). The minimum Gasteiger partial charge on any atom is -0.307 e. The molecule has 1 unspecified atom stereocenters. The van der Waals surface area contributed by atoms with Gasteiger partial charge in [-0.15, -0.1) is 0 Å². The first-order valence-electron chi connectivity index (χ1n) is 5.80. The highest BCUT2D eigenvalue weighted by molar-refractivity contribution is 5.96. The zero-order chi connectivity index (χ0) is 14.0. The largest absolute Gasteiger partial charge is 0.307 e. The van der Waals surface area contributed by atoms with Crippen LogP contribution in [0, 0.1) is 24.5 Å². The first-order chi connectivity index (χ1) is 9.04. The van der Waals surface area contributed by atoms with E-state index >= 15 is 0 Å². The van der Waals surface area contributed by atoms with E-state index in [1.54, 1.807) is 0 Å². The summed E-state index contributed by atoms with van der Waals surface area (Å²) in [4.78, 5) is 15.5. The molecule has 1 aromatic rings. The van der Waals surface area contributed by atoms with E-state index in [4.69, 9.17) is 5.53 Å². The van der Waals surface area contributed by atoms with E-state index in [2.05, 4.69) is 10.0 Å². The van der Waals surface area contributed by atoms with Crippen LogP contribution in [0.5, 0.6) is 0 Å². The van der Waals surface area contributed by atoms with Crippen molar-refractivity contribution in [1.82, 2.24) is 0 Å². The van der Waals surface area contributed by atoms with Crippen LogP contribution in [0.1, 0.15) is 12.0 Å². The number of benzene rings is 1. The van der Waals surface area contributed by atoms with Crippen LogP contribution in [0.15, 0.2) is 17.2 Å². The van der Waals surface area contributed by atoms with Crippen LogP contribution < -0.4 is 4.90 Å². The molecule has 5 nitrogen and oxygen atoms in total. The summed E-state index contributed by atoms with van der Waals surface area (Å²) >= 11 is 0. The van der Waals surface area contributed by atoms with Gasteiger partial charge in [0, 0.05) is 24.4 Å². The lowest BCUT2D eigenvalue weighted by Crippen LogP contribution is -2.27. The second-order valence-corrected chi connectivity index (χ2v) is 4.51. The Kier molecular flexibility index (Phi) is 3.66. The molecule has 0 aromatic heterocycles. The van der Waals surface area contributed by atoms with Crippen LogP contribution in [0.25, 0.3) is 10.4 Å². The maximum absolute atomic E-state index is 14.0. The Morgan fingerprint density at radius 2 is 2.26 bits per heavy atom. The number of carbonyl (C=O) groups is 1. The number of hydrogen-bond acceptors (Lipinski definition) is 2. The molecule has 1 aliphatic rings. The van der Waals surface area contributed by atoms with Gasteiger partial charge in [-0.05, 0) is 30.0 Å². The molecule has 100 valence electrons. The summed E-state index contributed by atoms with van der Waals surface area (Å²) in [6.07, 6.45) is 0.131. The Labute approximate surface area is 108 Å². The third kappa shape index (κ3) is 2.51. The van der Waals surface area contributed by atoms with Crippen LogP contribution in [0.2, 0.25) is 0 Å². The van der Waals surface area contributed by atoms with Gasteiger partial charge in [0.25, 0.3) is 0 Å². The summed E-state index contributed by atoms with van der Waals surface area (Å²) in [5, 5.41) is 3.39. The Hall–Kier alpha value is -2.14. The molecule has 0 saturated carbocycles. The maximum Gasteiger partial charge on any atom is 0.227 e. The van der Waals surface area contributed by atoms with E-state index in [0.29, 0.717) is 0 Å². The molecule has 1 amide bonds. The van der Waals surface area contributed by atoms with E-state index < -0.39 is 11.6 Å². The van der Waals surface area contributed by atoms with Gasteiger partial charge in [-0.25, -0.2) is 8.78 Å². The van der Waals surface area contributed by atoms with Crippen molar-refractivity contribution in [2.75, 3.05) is 18.0 Å². The molecule has 1 saturated heterocycles. The van der Waals surface area contributed by atoms with Crippen LogP contribution >= 0.6 is 0 Å². The van der Waals surface area contributed by atoms with Crippen molar-refractivity contribution in [2.24, 2.45) is 11.0 Å². The van der Waals surface area contributed by atoms with Crippen LogP contribution in [-0.4, -0.2) is 19.0 Å². The summed E-state index contributed by atoms with van der Waals surface area (Å²) in [7, 11) is 0. The molecule has 0 bridgehead atoms. The molecule has 1 atom stereocenters. The first-order valence-corrected chi connectivity index (χ1v) is 5.80. The van der Waals surface area contributed by atoms with Gasteiger partial charge in [-0.3, -0.25) is 4.79 Å². The van der Waals surface area contributed by atoms with Crippen molar-refractivity contribution < 1.29 is 13.6 Å². The highest BCUT2D eigenvalue weighted by Crippen LogP contribution is 2.31. The first kappa shape index (κ1) is 13.3. The quantitative estimate of drug-likeness (QED) is 0.471. The predicted octanol–water partition coefficient (Wildman–Crippen LogP) is 2.94. The number of carbonyl (C=O) groups excluding carboxylic acids is 1. The van der Waals surface area contributed by atoms with Gasteiger partial charge in [-0.1, -0.05) is 11.2 Å². The van der Waals surface area contributed by atoms with Gasteiger partial charge in [-0.2, -0.15) is 0 Å². The van der Waals surface area contributed by atoms with Crippen molar-refractivity contribution in [1.29, 1.82) is 0 Å². The maximum atomic E-state index is 14.0. The van der Waals surface area contributed by atoms with Gasteiger partial charge in [0.1, 0.15) is 11.5 Å². The second kappa shape index (κ2) is 5.24. The fraction of sp³-hybridized carbons (Fsp3) is 0.417. The summed E-state index contributed by atoms with van der Waals surface area (Å²) < 4.78 is 27.7. The molecule has 1 heterocycles. The fourth-order valence-electron chi connectivity index (χ4n) is 2.16. The standard InChI is InChI=1S/C12H12F2N4O/c1-7-2-3-9(13)12(11(7)14)18-6-8(4-10(18)19)5-16-17-15/h2-3,8H,4-6H2,1H3. The molecule has 19 heavy (non-hydrogen) atoms. The predicted molar refractivity (Wildman–Crippen MR) is 65.6 cm³/mol. The number of azide groups is 1. The van der Waals surface area contributed by atoms with Crippen molar-refractivity contribution in [3.05, 3.63) is 39.8 Å². The zero-order valence-corrected chi connectivity index (χ0v) is 10.3. The van der Waals surface area contributed by atoms with E-state index in [9.17, 15) is 13.6 Å². The lowest BCUT2D eigenvalue weighted by atomic mass is 10.1. The highest BCUT2D eigenvalue weighted by atomic mass is 19.1. The molecule has 1 fully saturated rings. The van der Waals surface area contributed by atoms with Crippen LogP contribution in [-0.2, 0) is 4.79 Å². The molecule has 0 spiro atoms. The summed E-state index contributed by atoms with van der Waals surface area (Å²) in [5.74, 6) is -2.05. The number of hydrogen-bond donors (Lipinski definition) is 0. The number of halogens is 2. The molecular formula is C12H12F2N4O. The summed E-state index contributed by atoms with van der Waals surface area (Å²) in [6.45, 7) is 1.82. The molecule has 0 radical (unpaired) electrons. The minimum absolute atomic E-state index is 0.131. The third-order valence-corrected chi connectivity index (χ3v) is 3.14. The van der Waals surface area contributed by atoms with E-state index in [0.717, 1.165) is 11.0 Å². The number of anilines is 1. The van der Waals surface area contributed by atoms with Gasteiger partial charge in [0.2, 0.25) is 5.91 Å². The average molecular weight is 266 g/mol. The Bertz CT molecular complexity index is 569. The van der Waals surface area contributed by atoms with Crippen LogP contribution in [0.4, 0.5) is 14.5 Å². The topological polar surface area (TPSA) is 69.1 Å². The summed E-state index contributed by atoms with van der Waals surface area (Å²) in [6, 6.07) is 2.47. The third-order valence-electron chi connectivity index (χ3n) is 3.14. The number of amides is 1. The van der Waals surface area contributed by atoms with Crippen LogP contribution in [0.3, 0.4) is 0 Å². The summed E-state index contributed by atoms with van der Waals surface area (Å²) in [5.41, 5.74) is 8.21. The van der Waals surface area contributed by atoms with Gasteiger partial charge >= 0.3 is 0 Å². The van der Waals surface area contributed by atoms with Crippen molar-refractivity contribution >= 4 is 11.6 Å². The molecule has 1 aromatic carbocycles. The molecule has 1 aliphatic heterocycles. The Morgan fingerprint density at radius 1 is 1.53 bits per heavy atom. The molecular weight excluding hydrogens is 254 g/mol. The zero-order valence-electron chi connectivity index (χ0n) is 10.3. The van der Waals surface area contributed by atoms with Gasteiger partial charge < -0.3 is 4.90 Å². The minimum atomic E-state index is -0.763. The SMILES string of the molecule is Cc1ccc(F)c(N2CC(CN=[N+]=[N-])CC2=O)c1F. The molecule has 0 aliphatic carbocycles. The van der Waals surface area contributed by atoms with E-state index in [1.165, 1.54) is 13.0 Å². The lowest BCUT2D eigenvalue weighted by molar-refractivity contribution is -0.117. The number of rotatable bonds is 3. The van der Waals surface area contributed by atoms with Gasteiger partial charge in [0.05, 0.1) is 0 Å². The number of nitrogens with zero attached hydrogens (tertiary/aromatic N) is 4.